The highest BCUT2D eigenvalue weighted by Crippen LogP contribution is 2.10. The summed E-state index contributed by atoms with van der Waals surface area (Å²) in [4.78, 5) is 2.29. The van der Waals surface area contributed by atoms with Crippen molar-refractivity contribution in [2.24, 2.45) is 5.92 Å². The summed E-state index contributed by atoms with van der Waals surface area (Å²) >= 11 is 5.69. The summed E-state index contributed by atoms with van der Waals surface area (Å²) in [5.41, 5.74) is 0.970. The van der Waals surface area contributed by atoms with Crippen LogP contribution >= 0.6 is 11.6 Å². The van der Waals surface area contributed by atoms with E-state index in [2.05, 4.69) is 27.5 Å². The average Bonchev–Trinajstić information content (AvgIpc) is 2.74. The third-order valence-electron chi connectivity index (χ3n) is 2.85. The summed E-state index contributed by atoms with van der Waals surface area (Å²) in [5.74, 6) is 0.769. The molecule has 5 heteroatoms. The molecule has 1 aliphatic heterocycles. The molecule has 0 unspecified atom stereocenters. The second-order valence-corrected chi connectivity index (χ2v) is 4.79. The van der Waals surface area contributed by atoms with Crippen LogP contribution < -0.4 is 5.32 Å². The van der Waals surface area contributed by atoms with Crippen LogP contribution in [0.15, 0.2) is 12.1 Å². The van der Waals surface area contributed by atoms with Crippen LogP contribution in [0.25, 0.3) is 0 Å². The first-order valence-corrected chi connectivity index (χ1v) is 5.99. The molecule has 0 amide bonds. The summed E-state index contributed by atoms with van der Waals surface area (Å²) < 4.78 is 0. The number of rotatable bonds is 4. The predicted molar refractivity (Wildman–Crippen MR) is 64.4 cm³/mol. The molecule has 0 aliphatic carbocycles. The molecule has 0 radical (unpaired) electrons. The van der Waals surface area contributed by atoms with Crippen LogP contribution in [0, 0.1) is 5.92 Å². The van der Waals surface area contributed by atoms with E-state index in [0.29, 0.717) is 5.15 Å². The molecule has 4 nitrogen and oxygen atoms in total. The van der Waals surface area contributed by atoms with Gasteiger partial charge in [0.1, 0.15) is 0 Å². The van der Waals surface area contributed by atoms with Crippen molar-refractivity contribution in [1.29, 1.82) is 0 Å². The number of nitrogens with zero attached hydrogens (tertiary/aromatic N) is 3. The molecular weight excluding hydrogens is 224 g/mol. The largest absolute Gasteiger partial charge is 0.316 e. The van der Waals surface area contributed by atoms with Gasteiger partial charge in [-0.3, -0.25) is 0 Å². The second kappa shape index (κ2) is 5.57. The SMILES string of the molecule is CN(Cc1ccc(Cl)nn1)C[C@@H]1CCNC1. The molecule has 1 aliphatic rings. The van der Waals surface area contributed by atoms with Crippen LogP contribution in [0.3, 0.4) is 0 Å². The van der Waals surface area contributed by atoms with Crippen molar-refractivity contribution in [3.8, 4) is 0 Å². The molecule has 0 aromatic carbocycles. The molecule has 1 N–H and O–H groups in total. The van der Waals surface area contributed by atoms with E-state index in [1.165, 1.54) is 6.42 Å². The van der Waals surface area contributed by atoms with Crippen molar-refractivity contribution in [3.05, 3.63) is 23.0 Å². The zero-order chi connectivity index (χ0) is 11.4. The predicted octanol–water partition coefficient (Wildman–Crippen LogP) is 1.17. The third kappa shape index (κ3) is 3.40. The van der Waals surface area contributed by atoms with Crippen molar-refractivity contribution in [2.45, 2.75) is 13.0 Å². The average molecular weight is 241 g/mol. The lowest BCUT2D eigenvalue weighted by atomic mass is 10.1. The van der Waals surface area contributed by atoms with E-state index >= 15 is 0 Å². The van der Waals surface area contributed by atoms with E-state index in [1.807, 2.05) is 6.07 Å². The summed E-state index contributed by atoms with van der Waals surface area (Å²) in [7, 11) is 2.12. The van der Waals surface area contributed by atoms with Gasteiger partial charge >= 0.3 is 0 Å². The second-order valence-electron chi connectivity index (χ2n) is 4.40. The van der Waals surface area contributed by atoms with E-state index in [-0.39, 0.29) is 0 Å². The van der Waals surface area contributed by atoms with Crippen LogP contribution in [0.4, 0.5) is 0 Å². The van der Waals surface area contributed by atoms with Crippen LogP contribution in [0.2, 0.25) is 5.15 Å². The Hall–Kier alpha value is -0.710. The van der Waals surface area contributed by atoms with Gasteiger partial charge in [0.05, 0.1) is 5.69 Å². The zero-order valence-electron chi connectivity index (χ0n) is 9.49. The summed E-state index contributed by atoms with van der Waals surface area (Å²) in [6.07, 6.45) is 1.27. The van der Waals surface area contributed by atoms with Crippen LogP contribution in [-0.4, -0.2) is 41.8 Å². The highest BCUT2D eigenvalue weighted by atomic mass is 35.5. The minimum atomic E-state index is 0.450. The lowest BCUT2D eigenvalue weighted by Crippen LogP contribution is -2.27. The van der Waals surface area contributed by atoms with Gasteiger partial charge in [-0.1, -0.05) is 11.6 Å². The summed E-state index contributed by atoms with van der Waals surface area (Å²) in [6, 6.07) is 3.72. The zero-order valence-corrected chi connectivity index (χ0v) is 10.2. The van der Waals surface area contributed by atoms with Gasteiger partial charge in [-0.2, -0.15) is 5.10 Å². The number of hydrogen-bond acceptors (Lipinski definition) is 4. The molecule has 1 saturated heterocycles. The minimum absolute atomic E-state index is 0.450. The first-order chi connectivity index (χ1) is 7.74. The van der Waals surface area contributed by atoms with Gasteiger partial charge in [0, 0.05) is 13.1 Å². The fourth-order valence-corrected chi connectivity index (χ4v) is 2.18. The normalized spacial score (nSPS) is 20.6. The Kier molecular flexibility index (Phi) is 4.09. The van der Waals surface area contributed by atoms with E-state index < -0.39 is 0 Å². The van der Waals surface area contributed by atoms with Gasteiger partial charge in [-0.25, -0.2) is 0 Å². The van der Waals surface area contributed by atoms with Gasteiger partial charge in [0.25, 0.3) is 0 Å². The Bertz CT molecular complexity index is 321. The van der Waals surface area contributed by atoms with Gasteiger partial charge < -0.3 is 10.2 Å². The highest BCUT2D eigenvalue weighted by molar-refractivity contribution is 6.29. The monoisotopic (exact) mass is 240 g/mol. The van der Waals surface area contributed by atoms with E-state index in [0.717, 1.165) is 37.8 Å². The highest BCUT2D eigenvalue weighted by Gasteiger charge is 2.16. The lowest BCUT2D eigenvalue weighted by Gasteiger charge is -2.19. The smallest absolute Gasteiger partial charge is 0.151 e. The molecule has 0 bridgehead atoms. The van der Waals surface area contributed by atoms with Crippen LogP contribution in [0.1, 0.15) is 12.1 Å². The quantitative estimate of drug-likeness (QED) is 0.858. The van der Waals surface area contributed by atoms with Crippen molar-refractivity contribution in [3.63, 3.8) is 0 Å². The van der Waals surface area contributed by atoms with Crippen molar-refractivity contribution >= 4 is 11.6 Å². The fraction of sp³-hybridized carbons (Fsp3) is 0.636. The topological polar surface area (TPSA) is 41.1 Å². The Labute approximate surface area is 101 Å². The molecule has 1 atom stereocenters. The summed E-state index contributed by atoms with van der Waals surface area (Å²) in [5, 5.41) is 11.7. The van der Waals surface area contributed by atoms with Crippen LogP contribution in [0.5, 0.6) is 0 Å². The Morgan fingerprint density at radius 1 is 1.50 bits per heavy atom. The van der Waals surface area contributed by atoms with E-state index in [4.69, 9.17) is 11.6 Å². The maximum Gasteiger partial charge on any atom is 0.151 e. The van der Waals surface area contributed by atoms with E-state index in [9.17, 15) is 0 Å². The maximum atomic E-state index is 5.69. The molecule has 2 rings (SSSR count). The Morgan fingerprint density at radius 3 is 3.00 bits per heavy atom. The number of aromatic nitrogens is 2. The molecule has 0 saturated carbocycles. The van der Waals surface area contributed by atoms with Gasteiger partial charge in [-0.05, 0) is 44.6 Å². The molecule has 1 aromatic rings. The van der Waals surface area contributed by atoms with Crippen molar-refractivity contribution in [2.75, 3.05) is 26.7 Å². The van der Waals surface area contributed by atoms with Gasteiger partial charge in [0.2, 0.25) is 0 Å². The first-order valence-electron chi connectivity index (χ1n) is 5.61. The maximum absolute atomic E-state index is 5.69. The third-order valence-corrected chi connectivity index (χ3v) is 3.05. The molecule has 88 valence electrons. The molecule has 1 fully saturated rings. The minimum Gasteiger partial charge on any atom is -0.316 e. The molecule has 2 heterocycles. The fourth-order valence-electron chi connectivity index (χ4n) is 2.08. The summed E-state index contributed by atoms with van der Waals surface area (Å²) in [6.45, 7) is 4.23. The van der Waals surface area contributed by atoms with E-state index in [1.54, 1.807) is 6.07 Å². The van der Waals surface area contributed by atoms with Crippen LogP contribution in [-0.2, 0) is 6.54 Å². The number of nitrogens with one attached hydrogen (secondary N) is 1. The van der Waals surface area contributed by atoms with Crippen molar-refractivity contribution < 1.29 is 0 Å². The first kappa shape index (κ1) is 11.8. The van der Waals surface area contributed by atoms with Gasteiger partial charge in [0.15, 0.2) is 5.15 Å². The number of hydrogen-bond donors (Lipinski definition) is 1. The molecule has 1 aromatic heterocycles. The molecular formula is C11H17ClN4. The van der Waals surface area contributed by atoms with Crippen molar-refractivity contribution in [1.82, 2.24) is 20.4 Å². The van der Waals surface area contributed by atoms with Gasteiger partial charge in [-0.15, -0.1) is 5.10 Å². The molecule has 0 spiro atoms. The Morgan fingerprint density at radius 2 is 2.38 bits per heavy atom. The Balaban J connectivity index is 1.81. The number of halogens is 1. The lowest BCUT2D eigenvalue weighted by molar-refractivity contribution is 0.274. The standard InChI is InChI=1S/C11H17ClN4/c1-16(7-9-4-5-13-6-9)8-10-2-3-11(12)15-14-10/h2-3,9,13H,4-8H2,1H3/t9-/m1/s1. The molecule has 16 heavy (non-hydrogen) atoms.